The fraction of sp³-hybridized carbons (Fsp3) is 0.429. The van der Waals surface area contributed by atoms with Crippen molar-refractivity contribution in [3.05, 3.63) is 35.4 Å². The third kappa shape index (κ3) is 5.89. The Balaban J connectivity index is 2.28. The van der Waals surface area contributed by atoms with Crippen molar-refractivity contribution in [2.45, 2.75) is 32.4 Å². The number of aliphatic hydroxyl groups excluding tert-OH is 1. The normalized spacial score (nSPS) is 11.4. The maximum absolute atomic E-state index is 11.5. The van der Waals surface area contributed by atoms with Crippen molar-refractivity contribution in [2.24, 2.45) is 0 Å². The van der Waals surface area contributed by atoms with Gasteiger partial charge >= 0.3 is 6.03 Å². The maximum atomic E-state index is 11.5. The SMILES string of the molecule is CCCC(O)CNC(=O)NCc1ccc(C#N)cc1. The van der Waals surface area contributed by atoms with Crippen LogP contribution in [0.1, 0.15) is 30.9 Å². The number of nitrogens with one attached hydrogen (secondary N) is 2. The molecule has 3 N–H and O–H groups in total. The summed E-state index contributed by atoms with van der Waals surface area (Å²) in [6.07, 6.45) is 1.07. The Morgan fingerprint density at radius 1 is 1.37 bits per heavy atom. The Hall–Kier alpha value is -2.06. The van der Waals surface area contributed by atoms with Gasteiger partial charge in [0, 0.05) is 13.1 Å². The number of nitrogens with zero attached hydrogens (tertiary/aromatic N) is 1. The van der Waals surface area contributed by atoms with Crippen LogP contribution in [0.5, 0.6) is 0 Å². The highest BCUT2D eigenvalue weighted by atomic mass is 16.3. The van der Waals surface area contributed by atoms with Gasteiger partial charge in [-0.3, -0.25) is 0 Å². The number of carbonyl (C=O) groups excluding carboxylic acids is 1. The highest BCUT2D eigenvalue weighted by Gasteiger charge is 2.05. The highest BCUT2D eigenvalue weighted by Crippen LogP contribution is 2.02. The van der Waals surface area contributed by atoms with Crippen LogP contribution in [0, 0.1) is 11.3 Å². The van der Waals surface area contributed by atoms with Gasteiger partial charge in [-0.05, 0) is 24.1 Å². The highest BCUT2D eigenvalue weighted by molar-refractivity contribution is 5.73. The first-order valence-electron chi connectivity index (χ1n) is 6.34. The molecule has 102 valence electrons. The zero-order chi connectivity index (χ0) is 14.1. The van der Waals surface area contributed by atoms with Gasteiger partial charge in [0.1, 0.15) is 0 Å². The van der Waals surface area contributed by atoms with Crippen LogP contribution in [0.3, 0.4) is 0 Å². The van der Waals surface area contributed by atoms with Crippen LogP contribution in [-0.4, -0.2) is 23.8 Å². The van der Waals surface area contributed by atoms with Crippen molar-refractivity contribution in [3.8, 4) is 6.07 Å². The topological polar surface area (TPSA) is 85.2 Å². The van der Waals surface area contributed by atoms with E-state index in [4.69, 9.17) is 5.26 Å². The molecule has 0 aliphatic carbocycles. The Bertz CT molecular complexity index is 437. The molecular formula is C14H19N3O2. The van der Waals surface area contributed by atoms with E-state index in [0.717, 1.165) is 12.0 Å². The minimum atomic E-state index is -0.495. The molecule has 2 amide bonds. The van der Waals surface area contributed by atoms with E-state index >= 15 is 0 Å². The smallest absolute Gasteiger partial charge is 0.315 e. The largest absolute Gasteiger partial charge is 0.391 e. The summed E-state index contributed by atoms with van der Waals surface area (Å²) in [6, 6.07) is 8.74. The number of hydrogen-bond donors (Lipinski definition) is 3. The predicted octanol–water partition coefficient (Wildman–Crippen LogP) is 1.52. The average molecular weight is 261 g/mol. The summed E-state index contributed by atoms with van der Waals surface area (Å²) in [4.78, 5) is 11.5. The van der Waals surface area contributed by atoms with Crippen molar-refractivity contribution in [2.75, 3.05) is 6.54 Å². The second kappa shape index (κ2) is 8.11. The fourth-order valence-corrected chi connectivity index (χ4v) is 1.59. The molecule has 1 unspecified atom stereocenters. The molecule has 0 heterocycles. The molecule has 0 aliphatic heterocycles. The summed E-state index contributed by atoms with van der Waals surface area (Å²) in [6.45, 7) is 2.63. The molecular weight excluding hydrogens is 242 g/mol. The predicted molar refractivity (Wildman–Crippen MR) is 72.3 cm³/mol. The van der Waals surface area contributed by atoms with Gasteiger partial charge in [0.15, 0.2) is 0 Å². The van der Waals surface area contributed by atoms with E-state index in [1.54, 1.807) is 24.3 Å². The van der Waals surface area contributed by atoms with E-state index in [9.17, 15) is 9.90 Å². The number of rotatable bonds is 6. The summed E-state index contributed by atoms with van der Waals surface area (Å²) >= 11 is 0. The van der Waals surface area contributed by atoms with E-state index < -0.39 is 6.10 Å². The Morgan fingerprint density at radius 2 is 2.05 bits per heavy atom. The van der Waals surface area contributed by atoms with E-state index in [1.807, 2.05) is 13.0 Å². The molecule has 0 radical (unpaired) electrons. The zero-order valence-corrected chi connectivity index (χ0v) is 11.0. The summed E-state index contributed by atoms with van der Waals surface area (Å²) in [5, 5.41) is 23.4. The lowest BCUT2D eigenvalue weighted by Gasteiger charge is -2.11. The van der Waals surface area contributed by atoms with Gasteiger partial charge in [0.05, 0.1) is 17.7 Å². The van der Waals surface area contributed by atoms with Crippen LogP contribution in [0.2, 0.25) is 0 Å². The monoisotopic (exact) mass is 261 g/mol. The first kappa shape index (κ1) is 15.0. The molecule has 0 saturated carbocycles. The van der Waals surface area contributed by atoms with Crippen LogP contribution in [0.25, 0.3) is 0 Å². The molecule has 1 aromatic rings. The van der Waals surface area contributed by atoms with Gasteiger partial charge in [0.2, 0.25) is 0 Å². The van der Waals surface area contributed by atoms with Crippen molar-refractivity contribution in [1.29, 1.82) is 5.26 Å². The van der Waals surface area contributed by atoms with E-state index in [2.05, 4.69) is 10.6 Å². The Kier molecular flexibility index (Phi) is 6.41. The van der Waals surface area contributed by atoms with Gasteiger partial charge < -0.3 is 15.7 Å². The minimum absolute atomic E-state index is 0.257. The number of aliphatic hydroxyl groups is 1. The van der Waals surface area contributed by atoms with Gasteiger partial charge in [-0.15, -0.1) is 0 Å². The molecule has 5 heteroatoms. The van der Waals surface area contributed by atoms with Crippen LogP contribution in [0.4, 0.5) is 4.79 Å². The van der Waals surface area contributed by atoms with E-state index in [-0.39, 0.29) is 12.6 Å². The molecule has 0 saturated heterocycles. The summed E-state index contributed by atoms with van der Waals surface area (Å²) < 4.78 is 0. The number of benzene rings is 1. The lowest BCUT2D eigenvalue weighted by atomic mass is 10.1. The fourth-order valence-electron chi connectivity index (χ4n) is 1.59. The van der Waals surface area contributed by atoms with Crippen LogP contribution in [0.15, 0.2) is 24.3 Å². The summed E-state index contributed by atoms with van der Waals surface area (Å²) in [7, 11) is 0. The molecule has 0 bridgehead atoms. The lowest BCUT2D eigenvalue weighted by Crippen LogP contribution is -2.39. The summed E-state index contributed by atoms with van der Waals surface area (Å²) in [5.74, 6) is 0. The Morgan fingerprint density at radius 3 is 2.63 bits per heavy atom. The molecule has 1 aromatic carbocycles. The molecule has 0 aromatic heterocycles. The molecule has 5 nitrogen and oxygen atoms in total. The number of hydrogen-bond acceptors (Lipinski definition) is 3. The van der Waals surface area contributed by atoms with Crippen LogP contribution in [-0.2, 0) is 6.54 Å². The van der Waals surface area contributed by atoms with Gasteiger partial charge in [-0.1, -0.05) is 25.5 Å². The van der Waals surface area contributed by atoms with E-state index in [1.165, 1.54) is 0 Å². The lowest BCUT2D eigenvalue weighted by molar-refractivity contribution is 0.160. The van der Waals surface area contributed by atoms with Crippen molar-refractivity contribution >= 4 is 6.03 Å². The zero-order valence-electron chi connectivity index (χ0n) is 11.0. The molecule has 0 fully saturated rings. The first-order chi connectivity index (χ1) is 9.15. The van der Waals surface area contributed by atoms with Gasteiger partial charge in [-0.25, -0.2) is 4.79 Å². The average Bonchev–Trinajstić information content (AvgIpc) is 2.44. The van der Waals surface area contributed by atoms with Crippen molar-refractivity contribution in [3.63, 3.8) is 0 Å². The molecule has 1 rings (SSSR count). The molecule has 1 atom stereocenters. The second-order valence-corrected chi connectivity index (χ2v) is 4.31. The standard InChI is InChI=1S/C14H19N3O2/c1-2-3-13(18)10-17-14(19)16-9-12-6-4-11(8-15)5-7-12/h4-7,13,18H,2-3,9-10H2,1H3,(H2,16,17,19). The van der Waals surface area contributed by atoms with Gasteiger partial charge in [0.25, 0.3) is 0 Å². The summed E-state index contributed by atoms with van der Waals surface area (Å²) in [5.41, 5.74) is 1.51. The molecule has 0 aliphatic rings. The first-order valence-corrected chi connectivity index (χ1v) is 6.34. The van der Waals surface area contributed by atoms with Gasteiger partial charge in [-0.2, -0.15) is 5.26 Å². The number of amides is 2. The quantitative estimate of drug-likeness (QED) is 0.725. The van der Waals surface area contributed by atoms with Crippen molar-refractivity contribution < 1.29 is 9.90 Å². The Labute approximate surface area is 113 Å². The number of carbonyl (C=O) groups is 1. The third-order valence-electron chi connectivity index (χ3n) is 2.66. The maximum Gasteiger partial charge on any atom is 0.315 e. The van der Waals surface area contributed by atoms with Crippen LogP contribution >= 0.6 is 0 Å². The second-order valence-electron chi connectivity index (χ2n) is 4.31. The minimum Gasteiger partial charge on any atom is -0.391 e. The van der Waals surface area contributed by atoms with Crippen LogP contribution < -0.4 is 10.6 Å². The molecule has 19 heavy (non-hydrogen) atoms. The van der Waals surface area contributed by atoms with Crippen molar-refractivity contribution in [1.82, 2.24) is 10.6 Å². The third-order valence-corrected chi connectivity index (χ3v) is 2.66. The number of urea groups is 1. The number of nitriles is 1. The molecule has 0 spiro atoms. The van der Waals surface area contributed by atoms with E-state index in [0.29, 0.717) is 18.5 Å².